The summed E-state index contributed by atoms with van der Waals surface area (Å²) in [5.41, 5.74) is 6.50. The summed E-state index contributed by atoms with van der Waals surface area (Å²) < 4.78 is 12.4. The van der Waals surface area contributed by atoms with Crippen LogP contribution in [-0.2, 0) is 20.4 Å². The zero-order valence-corrected chi connectivity index (χ0v) is 14.5. The molecular weight excluding hydrogens is 312 g/mol. The first-order chi connectivity index (χ1) is 10.9. The number of carbonyl (C=O) groups excluding carboxylic acids is 2. The van der Waals surface area contributed by atoms with Gasteiger partial charge in [-0.1, -0.05) is 26.0 Å². The van der Waals surface area contributed by atoms with Crippen LogP contribution >= 0.6 is 0 Å². The number of rotatable bonds is 5. The first kappa shape index (κ1) is 17.7. The highest BCUT2D eigenvalue weighted by atomic mass is 32.2. The van der Waals surface area contributed by atoms with Crippen LogP contribution in [0.15, 0.2) is 29.2 Å². The first-order valence-electron chi connectivity index (χ1n) is 7.94. The van der Waals surface area contributed by atoms with Crippen LogP contribution in [0.5, 0.6) is 0 Å². The van der Waals surface area contributed by atoms with E-state index in [9.17, 15) is 13.8 Å². The monoisotopic (exact) mass is 336 g/mol. The summed E-state index contributed by atoms with van der Waals surface area (Å²) in [4.78, 5) is 25.9. The molecule has 126 valence electrons. The van der Waals surface area contributed by atoms with Gasteiger partial charge in [0.05, 0.1) is 16.7 Å². The van der Waals surface area contributed by atoms with E-state index in [2.05, 4.69) is 13.8 Å². The summed E-state index contributed by atoms with van der Waals surface area (Å²) in [6, 6.07) is 7.54. The van der Waals surface area contributed by atoms with Gasteiger partial charge in [0.2, 0.25) is 11.8 Å². The summed E-state index contributed by atoms with van der Waals surface area (Å²) in [6.07, 6.45) is 1.48. The minimum absolute atomic E-state index is 0.0491. The van der Waals surface area contributed by atoms with Gasteiger partial charge < -0.3 is 10.6 Å². The van der Waals surface area contributed by atoms with Gasteiger partial charge in [0.15, 0.2) is 0 Å². The molecule has 0 bridgehead atoms. The lowest BCUT2D eigenvalue weighted by Crippen LogP contribution is -2.45. The maximum atomic E-state index is 12.4. The minimum atomic E-state index is -1.37. The van der Waals surface area contributed by atoms with Gasteiger partial charge >= 0.3 is 0 Å². The van der Waals surface area contributed by atoms with Crippen molar-refractivity contribution in [2.24, 2.45) is 11.7 Å². The average molecular weight is 336 g/mol. The molecule has 0 aromatic heterocycles. The SMILES string of the molecule is CC(C)c1ccc([S@@](=O)CC(=O)N2CCC[C@@H](C(N)=O)C2)cc1. The molecule has 1 aliphatic heterocycles. The summed E-state index contributed by atoms with van der Waals surface area (Å²) >= 11 is 0. The molecule has 2 atom stereocenters. The third-order valence-electron chi connectivity index (χ3n) is 4.24. The molecule has 1 fully saturated rings. The number of piperidine rings is 1. The number of nitrogens with zero attached hydrogens (tertiary/aromatic N) is 1. The Morgan fingerprint density at radius 3 is 2.52 bits per heavy atom. The van der Waals surface area contributed by atoms with Crippen molar-refractivity contribution in [3.05, 3.63) is 29.8 Å². The van der Waals surface area contributed by atoms with Crippen molar-refractivity contribution in [3.63, 3.8) is 0 Å². The Labute approximate surface area is 139 Å². The number of hydrogen-bond donors (Lipinski definition) is 1. The van der Waals surface area contributed by atoms with Gasteiger partial charge in [-0.3, -0.25) is 13.8 Å². The lowest BCUT2D eigenvalue weighted by molar-refractivity contribution is -0.132. The molecule has 1 aliphatic rings. The number of benzene rings is 1. The Hall–Kier alpha value is -1.69. The van der Waals surface area contributed by atoms with E-state index >= 15 is 0 Å². The molecule has 0 spiro atoms. The van der Waals surface area contributed by atoms with Gasteiger partial charge in [-0.15, -0.1) is 0 Å². The van der Waals surface area contributed by atoms with Crippen molar-refractivity contribution in [1.29, 1.82) is 0 Å². The molecule has 1 aromatic carbocycles. The van der Waals surface area contributed by atoms with E-state index in [1.54, 1.807) is 4.90 Å². The minimum Gasteiger partial charge on any atom is -0.369 e. The van der Waals surface area contributed by atoms with E-state index < -0.39 is 10.8 Å². The molecule has 5 nitrogen and oxygen atoms in total. The van der Waals surface area contributed by atoms with E-state index in [1.807, 2.05) is 24.3 Å². The fourth-order valence-electron chi connectivity index (χ4n) is 2.73. The van der Waals surface area contributed by atoms with Crippen molar-refractivity contribution in [1.82, 2.24) is 4.90 Å². The largest absolute Gasteiger partial charge is 0.369 e. The molecule has 2 N–H and O–H groups in total. The zero-order chi connectivity index (χ0) is 17.0. The number of hydrogen-bond acceptors (Lipinski definition) is 3. The third-order valence-corrected chi connectivity index (χ3v) is 5.55. The van der Waals surface area contributed by atoms with Crippen LogP contribution in [0, 0.1) is 5.92 Å². The van der Waals surface area contributed by atoms with Crippen LogP contribution in [-0.4, -0.2) is 39.8 Å². The van der Waals surface area contributed by atoms with Crippen LogP contribution < -0.4 is 5.73 Å². The van der Waals surface area contributed by atoms with Crippen LogP contribution in [0.1, 0.15) is 38.2 Å². The van der Waals surface area contributed by atoms with E-state index in [0.29, 0.717) is 23.9 Å². The highest BCUT2D eigenvalue weighted by Gasteiger charge is 2.27. The molecule has 6 heteroatoms. The summed E-state index contributed by atoms with van der Waals surface area (Å²) in [5, 5.41) is 0. The fraction of sp³-hybridized carbons (Fsp3) is 0.529. The number of amides is 2. The molecule has 2 amide bonds. The molecule has 1 saturated heterocycles. The van der Waals surface area contributed by atoms with Gasteiger partial charge in [-0.2, -0.15) is 0 Å². The van der Waals surface area contributed by atoms with E-state index in [1.165, 1.54) is 5.56 Å². The average Bonchev–Trinajstić information content (AvgIpc) is 2.54. The second kappa shape index (κ2) is 7.73. The molecule has 1 aromatic rings. The van der Waals surface area contributed by atoms with Gasteiger partial charge in [-0.05, 0) is 36.5 Å². The molecule has 23 heavy (non-hydrogen) atoms. The van der Waals surface area contributed by atoms with E-state index in [0.717, 1.165) is 12.8 Å². The van der Waals surface area contributed by atoms with Gasteiger partial charge in [-0.25, -0.2) is 0 Å². The Morgan fingerprint density at radius 2 is 1.96 bits per heavy atom. The maximum absolute atomic E-state index is 12.4. The molecule has 0 aliphatic carbocycles. The highest BCUT2D eigenvalue weighted by molar-refractivity contribution is 7.85. The molecule has 0 radical (unpaired) electrons. The van der Waals surface area contributed by atoms with Gasteiger partial charge in [0.25, 0.3) is 0 Å². The summed E-state index contributed by atoms with van der Waals surface area (Å²) in [5.74, 6) is -0.466. The van der Waals surface area contributed by atoms with Gasteiger partial charge in [0.1, 0.15) is 5.75 Å². The van der Waals surface area contributed by atoms with Crippen molar-refractivity contribution in [2.75, 3.05) is 18.8 Å². The zero-order valence-electron chi connectivity index (χ0n) is 13.7. The topological polar surface area (TPSA) is 80.5 Å². The van der Waals surface area contributed by atoms with Crippen molar-refractivity contribution < 1.29 is 13.8 Å². The van der Waals surface area contributed by atoms with Crippen LogP contribution in [0.4, 0.5) is 0 Å². The van der Waals surface area contributed by atoms with Crippen molar-refractivity contribution in [2.45, 2.75) is 37.5 Å². The van der Waals surface area contributed by atoms with Crippen LogP contribution in [0.2, 0.25) is 0 Å². The lowest BCUT2D eigenvalue weighted by Gasteiger charge is -2.31. The molecule has 2 rings (SSSR count). The molecule has 0 unspecified atom stereocenters. The standard InChI is InChI=1S/C17H24N2O3S/c1-12(2)13-5-7-15(8-6-13)23(22)11-16(20)19-9-3-4-14(10-19)17(18)21/h5-8,12,14H,3-4,9-11H2,1-2H3,(H2,18,21)/t14-,23+/m1/s1. The molecule has 0 saturated carbocycles. The molecular formula is C17H24N2O3S. The van der Waals surface area contributed by atoms with Crippen molar-refractivity contribution >= 4 is 22.6 Å². The number of primary amides is 1. The van der Waals surface area contributed by atoms with E-state index in [-0.39, 0.29) is 23.5 Å². The predicted octanol–water partition coefficient (Wildman–Crippen LogP) is 1.64. The van der Waals surface area contributed by atoms with Crippen LogP contribution in [0.3, 0.4) is 0 Å². The van der Waals surface area contributed by atoms with Crippen molar-refractivity contribution in [3.8, 4) is 0 Å². The Balaban J connectivity index is 1.96. The molecule has 1 heterocycles. The number of carbonyl (C=O) groups is 2. The Kier molecular flexibility index (Phi) is 5.93. The normalized spacial score (nSPS) is 19.6. The highest BCUT2D eigenvalue weighted by Crippen LogP contribution is 2.19. The third kappa shape index (κ3) is 4.64. The first-order valence-corrected chi connectivity index (χ1v) is 9.25. The summed E-state index contributed by atoms with van der Waals surface area (Å²) in [7, 11) is -1.37. The lowest BCUT2D eigenvalue weighted by atomic mass is 9.97. The number of nitrogens with two attached hydrogens (primary N) is 1. The smallest absolute Gasteiger partial charge is 0.235 e. The second-order valence-electron chi connectivity index (χ2n) is 6.29. The van der Waals surface area contributed by atoms with Crippen LogP contribution in [0.25, 0.3) is 0 Å². The van der Waals surface area contributed by atoms with E-state index in [4.69, 9.17) is 5.73 Å². The fourth-order valence-corrected chi connectivity index (χ4v) is 3.74. The maximum Gasteiger partial charge on any atom is 0.235 e. The Morgan fingerprint density at radius 1 is 1.30 bits per heavy atom. The van der Waals surface area contributed by atoms with Gasteiger partial charge in [0, 0.05) is 18.0 Å². The second-order valence-corrected chi connectivity index (χ2v) is 7.75. The Bertz CT molecular complexity index is 598. The number of likely N-dealkylation sites (tertiary alicyclic amines) is 1. The predicted molar refractivity (Wildman–Crippen MR) is 90.3 cm³/mol. The quantitative estimate of drug-likeness (QED) is 0.887. The summed E-state index contributed by atoms with van der Waals surface area (Å²) in [6.45, 7) is 5.14.